The average molecular weight is 419 g/mol. The summed E-state index contributed by atoms with van der Waals surface area (Å²) in [6, 6.07) is 18.9. The van der Waals surface area contributed by atoms with E-state index in [1.165, 1.54) is 35.7 Å². The van der Waals surface area contributed by atoms with Crippen molar-refractivity contribution in [3.8, 4) is 5.69 Å². The molecule has 3 aromatic rings. The predicted octanol–water partition coefficient (Wildman–Crippen LogP) is 4.77. The molecule has 1 heterocycles. The van der Waals surface area contributed by atoms with Crippen molar-refractivity contribution in [2.75, 3.05) is 12.8 Å². The van der Waals surface area contributed by atoms with Crippen LogP contribution >= 0.6 is 11.8 Å². The van der Waals surface area contributed by atoms with Crippen molar-refractivity contribution >= 4 is 17.7 Å². The van der Waals surface area contributed by atoms with Gasteiger partial charge in [-0.3, -0.25) is 9.36 Å². The second-order valence-corrected chi connectivity index (χ2v) is 9.13. The molecule has 0 radical (unpaired) electrons. The van der Waals surface area contributed by atoms with Crippen molar-refractivity contribution in [2.24, 2.45) is 0 Å². The number of nitrogens with zero attached hydrogens (tertiary/aromatic N) is 4. The van der Waals surface area contributed by atoms with Gasteiger partial charge in [-0.15, -0.1) is 10.2 Å². The molecule has 1 fully saturated rings. The largest absolute Gasteiger partial charge is 0.338 e. The van der Waals surface area contributed by atoms with Gasteiger partial charge in [-0.1, -0.05) is 54.2 Å². The summed E-state index contributed by atoms with van der Waals surface area (Å²) in [5.41, 5.74) is 3.74. The summed E-state index contributed by atoms with van der Waals surface area (Å²) >= 11 is 1.49. The lowest BCUT2D eigenvalue weighted by Crippen LogP contribution is -2.34. The van der Waals surface area contributed by atoms with Crippen molar-refractivity contribution < 1.29 is 4.79 Å². The van der Waals surface area contributed by atoms with Crippen LogP contribution in [0.1, 0.15) is 54.6 Å². The number of amides is 1. The van der Waals surface area contributed by atoms with Gasteiger partial charge in [0.05, 0.1) is 11.8 Å². The molecule has 1 saturated carbocycles. The van der Waals surface area contributed by atoms with Crippen LogP contribution in [0.25, 0.3) is 5.69 Å². The van der Waals surface area contributed by atoms with Gasteiger partial charge in [0.25, 0.3) is 0 Å². The first-order valence-corrected chi connectivity index (χ1v) is 11.7. The molecule has 0 saturated heterocycles. The Morgan fingerprint density at radius 2 is 1.83 bits per heavy atom. The quantitative estimate of drug-likeness (QED) is 0.541. The molecule has 0 aliphatic heterocycles. The Morgan fingerprint density at radius 1 is 1.07 bits per heavy atom. The molecule has 1 unspecified atom stereocenters. The molecule has 5 rings (SSSR count). The standard InChI is InChI=1S/C24H26N4OS/c1-27(21-13-7-9-17-8-5-6-12-20(17)21)22(29)16-30-24-26-25-23(18-14-15-18)28(24)19-10-3-2-4-11-19/h2-6,8,10-12,18,21H,7,9,13-16H2,1H3. The number of carbonyl (C=O) groups is 1. The van der Waals surface area contributed by atoms with Gasteiger partial charge in [0.2, 0.25) is 5.91 Å². The molecule has 0 N–H and O–H groups in total. The Morgan fingerprint density at radius 3 is 2.63 bits per heavy atom. The van der Waals surface area contributed by atoms with Gasteiger partial charge in [-0.25, -0.2) is 0 Å². The molecular formula is C24H26N4OS. The van der Waals surface area contributed by atoms with Crippen molar-refractivity contribution in [2.45, 2.75) is 49.2 Å². The Kier molecular flexibility index (Phi) is 5.34. The molecule has 1 amide bonds. The first kappa shape index (κ1) is 19.4. The summed E-state index contributed by atoms with van der Waals surface area (Å²) in [5.74, 6) is 2.01. The van der Waals surface area contributed by atoms with Gasteiger partial charge in [0.1, 0.15) is 5.82 Å². The zero-order valence-corrected chi connectivity index (χ0v) is 18.0. The van der Waals surface area contributed by atoms with Crippen LogP contribution in [0.15, 0.2) is 59.8 Å². The topological polar surface area (TPSA) is 51.0 Å². The van der Waals surface area contributed by atoms with Crippen LogP contribution in [0.3, 0.4) is 0 Å². The smallest absolute Gasteiger partial charge is 0.233 e. The van der Waals surface area contributed by atoms with E-state index in [9.17, 15) is 4.79 Å². The van der Waals surface area contributed by atoms with Gasteiger partial charge >= 0.3 is 0 Å². The molecule has 6 heteroatoms. The molecule has 2 aliphatic rings. The molecule has 5 nitrogen and oxygen atoms in total. The molecule has 1 aromatic heterocycles. The first-order chi connectivity index (χ1) is 14.7. The Bertz CT molecular complexity index is 1040. The molecule has 2 aromatic carbocycles. The maximum Gasteiger partial charge on any atom is 0.233 e. The minimum atomic E-state index is 0.136. The fourth-order valence-corrected chi connectivity index (χ4v) is 5.22. The van der Waals surface area contributed by atoms with Crippen LogP contribution in [-0.2, 0) is 11.2 Å². The normalized spacial score (nSPS) is 18.1. The van der Waals surface area contributed by atoms with E-state index in [0.29, 0.717) is 11.7 Å². The van der Waals surface area contributed by atoms with Crippen molar-refractivity contribution in [1.29, 1.82) is 0 Å². The predicted molar refractivity (Wildman–Crippen MR) is 119 cm³/mol. The van der Waals surface area contributed by atoms with Gasteiger partial charge in [-0.05, 0) is 55.4 Å². The zero-order chi connectivity index (χ0) is 20.5. The monoisotopic (exact) mass is 418 g/mol. The Balaban J connectivity index is 1.33. The molecule has 154 valence electrons. The highest BCUT2D eigenvalue weighted by molar-refractivity contribution is 7.99. The lowest BCUT2D eigenvalue weighted by atomic mass is 9.87. The lowest BCUT2D eigenvalue weighted by Gasteiger charge is -2.33. The third-order valence-electron chi connectivity index (χ3n) is 6.14. The summed E-state index contributed by atoms with van der Waals surface area (Å²) in [4.78, 5) is 15.0. The minimum absolute atomic E-state index is 0.136. The van der Waals surface area contributed by atoms with E-state index in [1.54, 1.807) is 0 Å². The SMILES string of the molecule is CN(C(=O)CSc1nnc(C2CC2)n1-c1ccccc1)C1CCCc2ccccc21. The summed E-state index contributed by atoms with van der Waals surface area (Å²) in [6.45, 7) is 0. The average Bonchev–Trinajstić information content (AvgIpc) is 3.56. The number of hydrogen-bond donors (Lipinski definition) is 0. The molecule has 30 heavy (non-hydrogen) atoms. The summed E-state index contributed by atoms with van der Waals surface area (Å²) in [7, 11) is 1.94. The second-order valence-electron chi connectivity index (χ2n) is 8.19. The van der Waals surface area contributed by atoms with Gasteiger partial charge in [-0.2, -0.15) is 0 Å². The van der Waals surface area contributed by atoms with Crippen molar-refractivity contribution in [3.05, 3.63) is 71.5 Å². The molecule has 0 bridgehead atoms. The van der Waals surface area contributed by atoms with E-state index in [0.717, 1.165) is 35.9 Å². The summed E-state index contributed by atoms with van der Waals surface area (Å²) < 4.78 is 2.13. The maximum atomic E-state index is 13.1. The van der Waals surface area contributed by atoms with Crippen molar-refractivity contribution in [1.82, 2.24) is 19.7 Å². The zero-order valence-electron chi connectivity index (χ0n) is 17.2. The number of carbonyl (C=O) groups excluding carboxylic acids is 1. The van der Waals surface area contributed by atoms with Crippen LogP contribution in [-0.4, -0.2) is 38.4 Å². The maximum absolute atomic E-state index is 13.1. The summed E-state index contributed by atoms with van der Waals surface area (Å²) in [6.07, 6.45) is 5.58. The van der Waals surface area contributed by atoms with E-state index < -0.39 is 0 Å². The second kappa shape index (κ2) is 8.26. The van der Waals surface area contributed by atoms with Gasteiger partial charge in [0.15, 0.2) is 5.16 Å². The molecule has 2 aliphatic carbocycles. The highest BCUT2D eigenvalue weighted by Crippen LogP contribution is 2.41. The molecule has 0 spiro atoms. The summed E-state index contributed by atoms with van der Waals surface area (Å²) in [5, 5.41) is 9.70. The van der Waals surface area contributed by atoms with E-state index in [-0.39, 0.29) is 11.9 Å². The van der Waals surface area contributed by atoms with E-state index in [2.05, 4.69) is 51.2 Å². The highest BCUT2D eigenvalue weighted by Gasteiger charge is 2.32. The van der Waals surface area contributed by atoms with E-state index >= 15 is 0 Å². The Hall–Kier alpha value is -2.60. The molecular weight excluding hydrogens is 392 g/mol. The number of hydrogen-bond acceptors (Lipinski definition) is 4. The first-order valence-electron chi connectivity index (χ1n) is 10.7. The van der Waals surface area contributed by atoms with E-state index in [4.69, 9.17) is 0 Å². The van der Waals surface area contributed by atoms with E-state index in [1.807, 2.05) is 30.1 Å². The Labute approximate surface area is 181 Å². The van der Waals surface area contributed by atoms with Crippen molar-refractivity contribution in [3.63, 3.8) is 0 Å². The number of benzene rings is 2. The minimum Gasteiger partial charge on any atom is -0.338 e. The number of aryl methyl sites for hydroxylation is 1. The number of thioether (sulfide) groups is 1. The third-order valence-corrected chi connectivity index (χ3v) is 7.05. The fourth-order valence-electron chi connectivity index (χ4n) is 4.33. The lowest BCUT2D eigenvalue weighted by molar-refractivity contribution is -0.129. The number of rotatable bonds is 6. The van der Waals surface area contributed by atoms with Crippen LogP contribution in [0.5, 0.6) is 0 Å². The third kappa shape index (κ3) is 3.76. The van der Waals surface area contributed by atoms with Crippen LogP contribution in [0, 0.1) is 0 Å². The van der Waals surface area contributed by atoms with Crippen LogP contribution in [0.2, 0.25) is 0 Å². The number of para-hydroxylation sites is 1. The van der Waals surface area contributed by atoms with Gasteiger partial charge < -0.3 is 4.90 Å². The molecule has 1 atom stereocenters. The number of fused-ring (bicyclic) bond motifs is 1. The fraction of sp³-hybridized carbons (Fsp3) is 0.375. The van der Waals surface area contributed by atoms with Gasteiger partial charge in [0, 0.05) is 18.7 Å². The van der Waals surface area contributed by atoms with Crippen LogP contribution in [0.4, 0.5) is 0 Å². The number of aromatic nitrogens is 3. The van der Waals surface area contributed by atoms with Crippen LogP contribution < -0.4 is 0 Å². The highest BCUT2D eigenvalue weighted by atomic mass is 32.2.